The van der Waals surface area contributed by atoms with Crippen molar-refractivity contribution in [1.29, 1.82) is 0 Å². The van der Waals surface area contributed by atoms with Crippen molar-refractivity contribution in [3.8, 4) is 0 Å². The molecule has 0 aromatic carbocycles. The SMILES string of the molecule is FC(F)(F)c1cncc(CCl)c1. The van der Waals surface area contributed by atoms with E-state index >= 15 is 0 Å². The molecule has 12 heavy (non-hydrogen) atoms. The van der Waals surface area contributed by atoms with Gasteiger partial charge in [0.05, 0.1) is 5.56 Å². The molecule has 0 atom stereocenters. The highest BCUT2D eigenvalue weighted by Crippen LogP contribution is 2.28. The van der Waals surface area contributed by atoms with Gasteiger partial charge in [-0.3, -0.25) is 4.98 Å². The predicted molar refractivity (Wildman–Crippen MR) is 38.8 cm³/mol. The van der Waals surface area contributed by atoms with Crippen LogP contribution in [0.3, 0.4) is 0 Å². The number of alkyl halides is 4. The number of nitrogens with zero attached hydrogens (tertiary/aromatic N) is 1. The second kappa shape index (κ2) is 3.31. The molecule has 0 unspecified atom stereocenters. The van der Waals surface area contributed by atoms with Gasteiger partial charge in [-0.15, -0.1) is 11.6 Å². The highest BCUT2D eigenvalue weighted by Gasteiger charge is 2.30. The Labute approximate surface area is 72.2 Å². The lowest BCUT2D eigenvalue weighted by atomic mass is 10.2. The number of halogens is 4. The largest absolute Gasteiger partial charge is 0.417 e. The fourth-order valence-corrected chi connectivity index (χ4v) is 0.862. The summed E-state index contributed by atoms with van der Waals surface area (Å²) in [6, 6.07) is 0.986. The van der Waals surface area contributed by atoms with Crippen LogP contribution in [0.15, 0.2) is 18.5 Å². The molecule has 66 valence electrons. The molecule has 1 rings (SSSR count). The molecule has 0 saturated carbocycles. The minimum atomic E-state index is -4.34. The van der Waals surface area contributed by atoms with Gasteiger partial charge < -0.3 is 0 Å². The van der Waals surface area contributed by atoms with Crippen LogP contribution in [0, 0.1) is 0 Å². The summed E-state index contributed by atoms with van der Waals surface area (Å²) in [5.74, 6) is 0.0386. The molecule has 0 N–H and O–H groups in total. The zero-order valence-corrected chi connectivity index (χ0v) is 6.65. The molecular weight excluding hydrogens is 191 g/mol. The molecule has 1 heterocycles. The van der Waals surface area contributed by atoms with Crippen molar-refractivity contribution < 1.29 is 13.2 Å². The fourth-order valence-electron chi connectivity index (χ4n) is 0.716. The molecule has 0 aliphatic rings. The van der Waals surface area contributed by atoms with Crippen LogP contribution in [0.1, 0.15) is 11.1 Å². The van der Waals surface area contributed by atoms with Gasteiger partial charge in [-0.25, -0.2) is 0 Å². The van der Waals surface area contributed by atoms with Gasteiger partial charge >= 0.3 is 6.18 Å². The molecule has 5 heteroatoms. The molecule has 0 bridgehead atoms. The van der Waals surface area contributed by atoms with Crippen LogP contribution in [-0.4, -0.2) is 4.98 Å². The van der Waals surface area contributed by atoms with E-state index in [0.29, 0.717) is 5.56 Å². The Kier molecular flexibility index (Phi) is 2.57. The summed E-state index contributed by atoms with van der Waals surface area (Å²) in [5.41, 5.74) is -0.396. The van der Waals surface area contributed by atoms with E-state index in [1.54, 1.807) is 0 Å². The van der Waals surface area contributed by atoms with Gasteiger partial charge in [-0.2, -0.15) is 13.2 Å². The molecule has 1 aromatic heterocycles. The van der Waals surface area contributed by atoms with E-state index in [4.69, 9.17) is 11.6 Å². The van der Waals surface area contributed by atoms with Crippen LogP contribution < -0.4 is 0 Å². The first kappa shape index (κ1) is 9.32. The Hall–Kier alpha value is -0.770. The van der Waals surface area contributed by atoms with Gasteiger partial charge in [0.2, 0.25) is 0 Å². The zero-order chi connectivity index (χ0) is 9.19. The van der Waals surface area contributed by atoms with Gasteiger partial charge in [0, 0.05) is 18.3 Å². The normalized spacial score (nSPS) is 11.7. The van der Waals surface area contributed by atoms with Gasteiger partial charge in [0.1, 0.15) is 0 Å². The van der Waals surface area contributed by atoms with Crippen molar-refractivity contribution >= 4 is 11.6 Å². The maximum absolute atomic E-state index is 12.0. The molecule has 1 aromatic rings. The molecule has 1 nitrogen and oxygen atoms in total. The highest BCUT2D eigenvalue weighted by atomic mass is 35.5. The van der Waals surface area contributed by atoms with E-state index in [1.165, 1.54) is 6.20 Å². The van der Waals surface area contributed by atoms with E-state index in [2.05, 4.69) is 4.98 Å². The summed E-state index contributed by atoms with van der Waals surface area (Å²) < 4.78 is 36.1. The first-order chi connectivity index (χ1) is 5.54. The monoisotopic (exact) mass is 195 g/mol. The summed E-state index contributed by atoms with van der Waals surface area (Å²) in [7, 11) is 0. The van der Waals surface area contributed by atoms with Crippen molar-refractivity contribution in [2.45, 2.75) is 12.1 Å². The minimum absolute atomic E-state index is 0.0386. The first-order valence-corrected chi connectivity index (χ1v) is 3.64. The van der Waals surface area contributed by atoms with Gasteiger partial charge in [0.15, 0.2) is 0 Å². The average molecular weight is 196 g/mol. The van der Waals surface area contributed by atoms with E-state index in [0.717, 1.165) is 12.3 Å². The highest BCUT2D eigenvalue weighted by molar-refractivity contribution is 6.17. The average Bonchev–Trinajstić information content (AvgIpc) is 2.03. The van der Waals surface area contributed by atoms with Crippen molar-refractivity contribution in [3.63, 3.8) is 0 Å². The quantitative estimate of drug-likeness (QED) is 0.628. The Balaban J connectivity index is 3.02. The van der Waals surface area contributed by atoms with E-state index < -0.39 is 11.7 Å². The standard InChI is InChI=1S/C7H5ClF3N/c8-2-5-1-6(4-12-3-5)7(9,10)11/h1,3-4H,2H2. The van der Waals surface area contributed by atoms with Gasteiger partial charge in [-0.1, -0.05) is 0 Å². The number of aromatic nitrogens is 1. The first-order valence-electron chi connectivity index (χ1n) is 3.11. The number of rotatable bonds is 1. The van der Waals surface area contributed by atoms with Crippen molar-refractivity contribution in [1.82, 2.24) is 4.98 Å². The maximum atomic E-state index is 12.0. The molecule has 0 spiro atoms. The molecular formula is C7H5ClF3N. The summed E-state index contributed by atoms with van der Waals surface area (Å²) >= 11 is 5.34. The molecule has 0 radical (unpaired) electrons. The third kappa shape index (κ3) is 2.11. The van der Waals surface area contributed by atoms with Crippen molar-refractivity contribution in [2.75, 3.05) is 0 Å². The zero-order valence-electron chi connectivity index (χ0n) is 5.90. The van der Waals surface area contributed by atoms with E-state index in [9.17, 15) is 13.2 Å². The van der Waals surface area contributed by atoms with Gasteiger partial charge in [-0.05, 0) is 11.6 Å². The predicted octanol–water partition coefficient (Wildman–Crippen LogP) is 2.84. The maximum Gasteiger partial charge on any atom is 0.417 e. The van der Waals surface area contributed by atoms with Gasteiger partial charge in [0.25, 0.3) is 0 Å². The lowest BCUT2D eigenvalue weighted by Gasteiger charge is -2.05. The van der Waals surface area contributed by atoms with Crippen molar-refractivity contribution in [3.05, 3.63) is 29.6 Å². The second-order valence-corrected chi connectivity index (χ2v) is 2.48. The summed E-state index contributed by atoms with van der Waals surface area (Å²) in [4.78, 5) is 3.42. The van der Waals surface area contributed by atoms with Crippen LogP contribution in [0.5, 0.6) is 0 Å². The van der Waals surface area contributed by atoms with E-state index in [-0.39, 0.29) is 5.88 Å². The smallest absolute Gasteiger partial charge is 0.264 e. The Morgan fingerprint density at radius 1 is 1.33 bits per heavy atom. The molecule has 0 amide bonds. The molecule has 0 aliphatic carbocycles. The minimum Gasteiger partial charge on any atom is -0.264 e. The molecule has 0 fully saturated rings. The Bertz CT molecular complexity index is 272. The number of pyridine rings is 1. The fraction of sp³-hybridized carbons (Fsp3) is 0.286. The second-order valence-electron chi connectivity index (χ2n) is 2.21. The topological polar surface area (TPSA) is 12.9 Å². The van der Waals surface area contributed by atoms with Crippen LogP contribution in [-0.2, 0) is 12.1 Å². The summed E-state index contributed by atoms with van der Waals surface area (Å²) in [5, 5.41) is 0. The summed E-state index contributed by atoms with van der Waals surface area (Å²) in [6.07, 6.45) is -2.26. The number of hydrogen-bond donors (Lipinski definition) is 0. The Morgan fingerprint density at radius 2 is 2.00 bits per heavy atom. The van der Waals surface area contributed by atoms with Crippen LogP contribution >= 0.6 is 11.6 Å². The summed E-state index contributed by atoms with van der Waals surface area (Å²) in [6.45, 7) is 0. The van der Waals surface area contributed by atoms with Crippen molar-refractivity contribution in [2.24, 2.45) is 0 Å². The third-order valence-electron chi connectivity index (χ3n) is 1.28. The lowest BCUT2D eigenvalue weighted by molar-refractivity contribution is -0.137. The third-order valence-corrected chi connectivity index (χ3v) is 1.59. The van der Waals surface area contributed by atoms with Crippen LogP contribution in [0.4, 0.5) is 13.2 Å². The molecule has 0 aliphatic heterocycles. The van der Waals surface area contributed by atoms with Crippen LogP contribution in [0.25, 0.3) is 0 Å². The molecule has 0 saturated heterocycles. The Morgan fingerprint density at radius 3 is 2.50 bits per heavy atom. The lowest BCUT2D eigenvalue weighted by Crippen LogP contribution is -2.05. The number of hydrogen-bond acceptors (Lipinski definition) is 1. The van der Waals surface area contributed by atoms with E-state index in [1.807, 2.05) is 0 Å². The van der Waals surface area contributed by atoms with Crippen LogP contribution in [0.2, 0.25) is 0 Å².